The lowest BCUT2D eigenvalue weighted by molar-refractivity contribution is -0.122. The highest BCUT2D eigenvalue weighted by Gasteiger charge is 2.25. The second kappa shape index (κ2) is 8.50. The largest absolute Gasteiger partial charge is 0.376 e. The van der Waals surface area contributed by atoms with Crippen LogP contribution in [0.1, 0.15) is 31.2 Å². The maximum atomic E-state index is 12.4. The van der Waals surface area contributed by atoms with Gasteiger partial charge in [-0.3, -0.25) is 9.59 Å². The lowest BCUT2D eigenvalue weighted by atomic mass is 10.1. The lowest BCUT2D eigenvalue weighted by Crippen LogP contribution is -2.34. The minimum atomic E-state index is -0.346. The van der Waals surface area contributed by atoms with E-state index < -0.39 is 0 Å². The number of ether oxygens (including phenoxy) is 1. The summed E-state index contributed by atoms with van der Waals surface area (Å²) in [7, 11) is 0. The first kappa shape index (κ1) is 19.2. The van der Waals surface area contributed by atoms with Crippen LogP contribution in [0.3, 0.4) is 0 Å². The first-order valence-electron chi connectivity index (χ1n) is 10.0. The van der Waals surface area contributed by atoms with Crippen LogP contribution in [0, 0.1) is 11.3 Å². The number of rotatable bonds is 7. The molecule has 0 radical (unpaired) electrons. The van der Waals surface area contributed by atoms with Crippen molar-refractivity contribution in [2.75, 3.05) is 13.2 Å². The van der Waals surface area contributed by atoms with Crippen LogP contribution < -0.4 is 10.6 Å². The van der Waals surface area contributed by atoms with E-state index in [0.717, 1.165) is 48.8 Å². The van der Waals surface area contributed by atoms with Crippen molar-refractivity contribution in [3.8, 4) is 6.07 Å². The first-order valence-corrected chi connectivity index (χ1v) is 10.0. The number of amides is 2. The van der Waals surface area contributed by atoms with Crippen molar-refractivity contribution in [1.29, 1.82) is 5.26 Å². The minimum absolute atomic E-state index is 0.0719. The summed E-state index contributed by atoms with van der Waals surface area (Å²) in [5.74, 6) is -0.440. The van der Waals surface area contributed by atoms with Crippen molar-refractivity contribution in [1.82, 2.24) is 15.2 Å². The number of carbonyl (C=O) groups excluding carboxylic acids is 2. The highest BCUT2D eigenvalue weighted by atomic mass is 16.5. The molecule has 1 aliphatic heterocycles. The van der Waals surface area contributed by atoms with Crippen LogP contribution >= 0.6 is 0 Å². The van der Waals surface area contributed by atoms with Gasteiger partial charge in [-0.2, -0.15) is 5.26 Å². The third-order valence-corrected chi connectivity index (χ3v) is 5.26. The van der Waals surface area contributed by atoms with Gasteiger partial charge in [-0.25, -0.2) is 0 Å². The van der Waals surface area contributed by atoms with Crippen molar-refractivity contribution in [2.45, 2.75) is 44.4 Å². The maximum absolute atomic E-state index is 12.4. The summed E-state index contributed by atoms with van der Waals surface area (Å²) in [5.41, 5.74) is 1.70. The SMILES string of the molecule is N#C/C(=C\c1cn(CC(=O)NC[C@H]2CCCO2)c2ccccc12)C(=O)NC1CC1. The number of nitriles is 1. The number of hydrogen-bond donors (Lipinski definition) is 2. The van der Waals surface area contributed by atoms with Gasteiger partial charge in [-0.15, -0.1) is 0 Å². The van der Waals surface area contributed by atoms with Gasteiger partial charge in [-0.1, -0.05) is 18.2 Å². The summed E-state index contributed by atoms with van der Waals surface area (Å²) < 4.78 is 7.39. The van der Waals surface area contributed by atoms with Crippen LogP contribution in [0.4, 0.5) is 0 Å². The molecule has 1 aromatic heterocycles. The maximum Gasteiger partial charge on any atom is 0.262 e. The fraction of sp³-hybridized carbons (Fsp3) is 0.409. The number of carbonyl (C=O) groups is 2. The molecule has 150 valence electrons. The van der Waals surface area contributed by atoms with Crippen molar-refractivity contribution in [3.63, 3.8) is 0 Å². The van der Waals surface area contributed by atoms with Crippen LogP contribution in [-0.2, 0) is 20.9 Å². The molecule has 2 aromatic rings. The molecule has 1 saturated heterocycles. The van der Waals surface area contributed by atoms with Gasteiger partial charge >= 0.3 is 0 Å². The average Bonchev–Trinajstić information content (AvgIpc) is 3.26. The Kier molecular flexibility index (Phi) is 5.63. The Hall–Kier alpha value is -3.11. The molecule has 2 fully saturated rings. The Morgan fingerprint density at radius 2 is 2.10 bits per heavy atom. The van der Waals surface area contributed by atoms with Gasteiger partial charge in [0.05, 0.1) is 6.10 Å². The van der Waals surface area contributed by atoms with Crippen LogP contribution in [0.15, 0.2) is 36.0 Å². The predicted octanol–water partition coefficient (Wildman–Crippen LogP) is 2.12. The van der Waals surface area contributed by atoms with E-state index in [1.54, 1.807) is 6.08 Å². The number of hydrogen-bond acceptors (Lipinski definition) is 4. The zero-order valence-electron chi connectivity index (χ0n) is 16.2. The number of nitrogens with zero attached hydrogens (tertiary/aromatic N) is 2. The smallest absolute Gasteiger partial charge is 0.262 e. The molecule has 1 aromatic carbocycles. The Balaban J connectivity index is 1.52. The van der Waals surface area contributed by atoms with Gasteiger partial charge in [0, 0.05) is 41.9 Å². The van der Waals surface area contributed by atoms with E-state index in [1.165, 1.54) is 0 Å². The molecule has 1 saturated carbocycles. The van der Waals surface area contributed by atoms with Crippen molar-refractivity contribution >= 4 is 28.8 Å². The summed E-state index contributed by atoms with van der Waals surface area (Å²) in [4.78, 5) is 24.7. The van der Waals surface area contributed by atoms with E-state index in [1.807, 2.05) is 41.1 Å². The number of para-hydroxylation sites is 1. The van der Waals surface area contributed by atoms with Crippen LogP contribution in [0.25, 0.3) is 17.0 Å². The molecular weight excluding hydrogens is 368 g/mol. The molecule has 2 heterocycles. The molecule has 29 heavy (non-hydrogen) atoms. The summed E-state index contributed by atoms with van der Waals surface area (Å²) in [6, 6.07) is 9.84. The summed E-state index contributed by atoms with van der Waals surface area (Å²) in [6.07, 6.45) is 7.45. The standard InChI is InChI=1S/C22H24N4O3/c23-11-15(22(28)25-17-7-8-17)10-16-13-26(20-6-2-1-5-19(16)20)14-21(27)24-12-18-4-3-9-29-18/h1-2,5-6,10,13,17-18H,3-4,7-9,12,14H2,(H,24,27)(H,25,28)/b15-10+/t18-/m1/s1. The van der Waals surface area contributed by atoms with E-state index in [0.29, 0.717) is 6.54 Å². The molecule has 1 aliphatic carbocycles. The average molecular weight is 392 g/mol. The second-order valence-corrected chi connectivity index (χ2v) is 7.59. The fourth-order valence-electron chi connectivity index (χ4n) is 3.56. The molecule has 7 heteroatoms. The second-order valence-electron chi connectivity index (χ2n) is 7.59. The van der Waals surface area contributed by atoms with E-state index in [9.17, 15) is 14.9 Å². The van der Waals surface area contributed by atoms with Crippen LogP contribution in [0.5, 0.6) is 0 Å². The number of aromatic nitrogens is 1. The number of nitrogens with one attached hydrogen (secondary N) is 2. The van der Waals surface area contributed by atoms with E-state index in [2.05, 4.69) is 10.6 Å². The highest BCUT2D eigenvalue weighted by Crippen LogP contribution is 2.24. The zero-order valence-corrected chi connectivity index (χ0v) is 16.2. The van der Waals surface area contributed by atoms with Crippen LogP contribution in [0.2, 0.25) is 0 Å². The highest BCUT2D eigenvalue weighted by molar-refractivity contribution is 6.04. The number of fused-ring (bicyclic) bond motifs is 1. The molecule has 0 spiro atoms. The van der Waals surface area contributed by atoms with E-state index in [4.69, 9.17) is 4.74 Å². The monoisotopic (exact) mass is 392 g/mol. The molecular formula is C22H24N4O3. The molecule has 2 amide bonds. The third-order valence-electron chi connectivity index (χ3n) is 5.26. The molecule has 0 unspecified atom stereocenters. The minimum Gasteiger partial charge on any atom is -0.376 e. The Bertz CT molecular complexity index is 991. The summed E-state index contributed by atoms with van der Waals surface area (Å²) in [6.45, 7) is 1.44. The first-order chi connectivity index (χ1) is 14.1. The molecule has 7 nitrogen and oxygen atoms in total. The van der Waals surface area contributed by atoms with Crippen molar-refractivity contribution < 1.29 is 14.3 Å². The van der Waals surface area contributed by atoms with Gasteiger partial charge in [0.2, 0.25) is 5.91 Å². The van der Waals surface area contributed by atoms with E-state index in [-0.39, 0.29) is 36.1 Å². The topological polar surface area (TPSA) is 96.2 Å². The molecule has 1 atom stereocenters. The molecule has 0 bridgehead atoms. The Morgan fingerprint density at radius 1 is 1.28 bits per heavy atom. The Morgan fingerprint density at radius 3 is 2.83 bits per heavy atom. The van der Waals surface area contributed by atoms with Gasteiger partial charge in [-0.05, 0) is 37.8 Å². The van der Waals surface area contributed by atoms with Gasteiger partial charge in [0.1, 0.15) is 18.2 Å². The van der Waals surface area contributed by atoms with Crippen molar-refractivity contribution in [2.24, 2.45) is 0 Å². The molecule has 2 aliphatic rings. The Labute approximate surface area is 169 Å². The molecule has 4 rings (SSSR count). The zero-order chi connectivity index (χ0) is 20.2. The van der Waals surface area contributed by atoms with Crippen LogP contribution in [-0.4, -0.2) is 41.7 Å². The van der Waals surface area contributed by atoms with Gasteiger partial charge in [0.15, 0.2) is 0 Å². The normalized spacial score (nSPS) is 19.1. The van der Waals surface area contributed by atoms with E-state index >= 15 is 0 Å². The molecule has 2 N–H and O–H groups in total. The van der Waals surface area contributed by atoms with Gasteiger partial charge < -0.3 is 19.9 Å². The quantitative estimate of drug-likeness (QED) is 0.557. The summed E-state index contributed by atoms with van der Waals surface area (Å²) in [5, 5.41) is 16.1. The van der Waals surface area contributed by atoms with Gasteiger partial charge in [0.25, 0.3) is 5.91 Å². The van der Waals surface area contributed by atoms with Crippen molar-refractivity contribution in [3.05, 3.63) is 41.6 Å². The lowest BCUT2D eigenvalue weighted by Gasteiger charge is -2.11. The predicted molar refractivity (Wildman–Crippen MR) is 109 cm³/mol. The summed E-state index contributed by atoms with van der Waals surface area (Å²) >= 11 is 0. The number of benzene rings is 1. The third kappa shape index (κ3) is 4.66. The fourth-order valence-corrected chi connectivity index (χ4v) is 3.56.